The number of likely N-dealkylation sites (N-methyl/N-ethyl adjacent to an activating group) is 1. The van der Waals surface area contributed by atoms with Crippen LogP contribution in [-0.4, -0.2) is 40.7 Å². The van der Waals surface area contributed by atoms with Crippen LogP contribution in [0.25, 0.3) is 6.08 Å². The summed E-state index contributed by atoms with van der Waals surface area (Å²) in [6.45, 7) is 10.2. The Morgan fingerprint density at radius 3 is 2.64 bits per heavy atom. The lowest BCUT2D eigenvalue weighted by Gasteiger charge is -2.13. The summed E-state index contributed by atoms with van der Waals surface area (Å²) in [5, 5.41) is 0.795. The van der Waals surface area contributed by atoms with Crippen molar-refractivity contribution in [2.75, 3.05) is 20.2 Å². The van der Waals surface area contributed by atoms with E-state index >= 15 is 0 Å². The number of thioether (sulfide) groups is 1. The number of hydrogen-bond acceptors (Lipinski definition) is 4. The van der Waals surface area contributed by atoms with Crippen molar-refractivity contribution < 1.29 is 9.53 Å². The lowest BCUT2D eigenvalue weighted by Crippen LogP contribution is -2.28. The molecule has 0 saturated carbocycles. The average molecular weight is 398 g/mol. The maximum atomic E-state index is 12.7. The van der Waals surface area contributed by atoms with Gasteiger partial charge in [-0.05, 0) is 63.2 Å². The summed E-state index contributed by atoms with van der Waals surface area (Å²) < 4.78 is 7.75. The normalized spacial score (nSPS) is 17.2. The number of aromatic nitrogens is 1. The van der Waals surface area contributed by atoms with E-state index in [1.807, 2.05) is 38.1 Å². The highest BCUT2D eigenvalue weighted by Crippen LogP contribution is 2.33. The summed E-state index contributed by atoms with van der Waals surface area (Å²) in [5.74, 6) is 0.921. The van der Waals surface area contributed by atoms with E-state index in [1.165, 1.54) is 11.8 Å². The Kier molecular flexibility index (Phi) is 6.29. The van der Waals surface area contributed by atoms with E-state index in [9.17, 15) is 4.79 Å². The first kappa shape index (κ1) is 20.3. The number of ether oxygens (including phenoxy) is 1. The third-order valence-electron chi connectivity index (χ3n) is 4.92. The van der Waals surface area contributed by atoms with Crippen molar-refractivity contribution in [3.8, 4) is 5.75 Å². The van der Waals surface area contributed by atoms with Gasteiger partial charge in [0, 0.05) is 30.0 Å². The molecule has 0 spiro atoms. The minimum absolute atomic E-state index is 0.0363. The second kappa shape index (κ2) is 8.69. The van der Waals surface area contributed by atoms with Crippen molar-refractivity contribution in [1.29, 1.82) is 0 Å². The topological polar surface area (TPSA) is 46.8 Å². The van der Waals surface area contributed by atoms with Gasteiger partial charge in [0.1, 0.15) is 5.75 Å². The van der Waals surface area contributed by atoms with Crippen LogP contribution in [0.3, 0.4) is 0 Å². The quantitative estimate of drug-likeness (QED) is 0.676. The Hall–Kier alpha value is -2.47. The largest absolute Gasteiger partial charge is 0.496 e. The smallest absolute Gasteiger partial charge is 0.266 e. The van der Waals surface area contributed by atoms with E-state index in [2.05, 4.69) is 35.5 Å². The van der Waals surface area contributed by atoms with Crippen LogP contribution in [0.15, 0.2) is 40.2 Å². The van der Waals surface area contributed by atoms with Gasteiger partial charge < -0.3 is 9.30 Å². The highest BCUT2D eigenvalue weighted by atomic mass is 32.2. The van der Waals surface area contributed by atoms with Crippen LogP contribution in [0.4, 0.5) is 0 Å². The van der Waals surface area contributed by atoms with E-state index in [4.69, 9.17) is 4.74 Å². The summed E-state index contributed by atoms with van der Waals surface area (Å²) >= 11 is 1.46. The van der Waals surface area contributed by atoms with Gasteiger partial charge in [0.25, 0.3) is 5.91 Å². The summed E-state index contributed by atoms with van der Waals surface area (Å²) in [6, 6.07) is 10.2. The Labute approximate surface area is 171 Å². The lowest BCUT2D eigenvalue weighted by molar-refractivity contribution is -0.122. The molecule has 0 atom stereocenters. The molecule has 0 aliphatic carbocycles. The minimum atomic E-state index is 0.0363. The van der Waals surface area contributed by atoms with Crippen LogP contribution in [0.2, 0.25) is 0 Å². The van der Waals surface area contributed by atoms with Crippen LogP contribution in [-0.2, 0) is 11.3 Å². The molecular weight excluding hydrogens is 370 g/mol. The maximum absolute atomic E-state index is 12.7. The number of methoxy groups -OCH3 is 1. The van der Waals surface area contributed by atoms with Crippen LogP contribution in [0, 0.1) is 13.8 Å². The van der Waals surface area contributed by atoms with Crippen molar-refractivity contribution >= 4 is 28.9 Å². The zero-order chi connectivity index (χ0) is 20.3. The van der Waals surface area contributed by atoms with Gasteiger partial charge in [0.15, 0.2) is 5.17 Å². The number of benzene rings is 1. The zero-order valence-corrected chi connectivity index (χ0v) is 18.0. The second-order valence-corrected chi connectivity index (χ2v) is 7.65. The molecule has 2 aromatic rings. The molecule has 0 bridgehead atoms. The van der Waals surface area contributed by atoms with Crippen molar-refractivity contribution in [1.82, 2.24) is 9.47 Å². The first-order valence-corrected chi connectivity index (χ1v) is 10.4. The number of amides is 1. The number of aryl methyl sites for hydroxylation is 1. The number of para-hydroxylation sites is 1. The molecule has 0 unspecified atom stereocenters. The van der Waals surface area contributed by atoms with E-state index in [0.717, 1.165) is 44.9 Å². The number of carbonyl (C=O) groups excluding carboxylic acids is 1. The van der Waals surface area contributed by atoms with Crippen molar-refractivity contribution in [2.24, 2.45) is 4.99 Å². The monoisotopic (exact) mass is 397 g/mol. The molecular formula is C22H27N3O2S. The molecule has 1 saturated heterocycles. The number of nitrogens with zero attached hydrogens (tertiary/aromatic N) is 3. The number of carbonyl (C=O) groups is 1. The summed E-state index contributed by atoms with van der Waals surface area (Å²) in [6.07, 6.45) is 1.99. The fourth-order valence-corrected chi connectivity index (χ4v) is 4.50. The molecule has 2 heterocycles. The third-order valence-corrected chi connectivity index (χ3v) is 5.96. The fourth-order valence-electron chi connectivity index (χ4n) is 3.40. The summed E-state index contributed by atoms with van der Waals surface area (Å²) in [7, 11) is 1.70. The van der Waals surface area contributed by atoms with Crippen molar-refractivity contribution in [2.45, 2.75) is 34.2 Å². The van der Waals surface area contributed by atoms with Gasteiger partial charge in [0.05, 0.1) is 18.6 Å². The van der Waals surface area contributed by atoms with Crippen molar-refractivity contribution in [3.63, 3.8) is 0 Å². The molecule has 1 fully saturated rings. The number of amidine groups is 1. The minimum Gasteiger partial charge on any atom is -0.496 e. The number of aliphatic imine (C=N–C) groups is 1. The van der Waals surface area contributed by atoms with Crippen LogP contribution in [0.5, 0.6) is 5.75 Å². The average Bonchev–Trinajstić information content (AvgIpc) is 3.13. The van der Waals surface area contributed by atoms with E-state index in [0.29, 0.717) is 13.1 Å². The van der Waals surface area contributed by atoms with Gasteiger partial charge in [-0.2, -0.15) is 0 Å². The van der Waals surface area contributed by atoms with Gasteiger partial charge in [0.2, 0.25) is 0 Å². The fraction of sp³-hybridized carbons (Fsp3) is 0.364. The lowest BCUT2D eigenvalue weighted by atomic mass is 10.2. The summed E-state index contributed by atoms with van der Waals surface area (Å²) in [5.41, 5.74) is 4.48. The van der Waals surface area contributed by atoms with Crippen LogP contribution in [0.1, 0.15) is 36.4 Å². The van der Waals surface area contributed by atoms with Gasteiger partial charge in [-0.25, -0.2) is 0 Å². The van der Waals surface area contributed by atoms with Crippen LogP contribution < -0.4 is 4.74 Å². The van der Waals surface area contributed by atoms with Crippen LogP contribution >= 0.6 is 11.8 Å². The first-order chi connectivity index (χ1) is 13.5. The number of hydrogen-bond donors (Lipinski definition) is 0. The predicted octanol–water partition coefficient (Wildman–Crippen LogP) is 4.47. The molecule has 0 radical (unpaired) electrons. The molecule has 5 nitrogen and oxygen atoms in total. The Morgan fingerprint density at radius 1 is 1.21 bits per heavy atom. The van der Waals surface area contributed by atoms with Gasteiger partial charge >= 0.3 is 0 Å². The van der Waals surface area contributed by atoms with Gasteiger partial charge in [-0.15, -0.1) is 0 Å². The number of rotatable bonds is 6. The van der Waals surface area contributed by atoms with Gasteiger partial charge in [-0.1, -0.05) is 18.2 Å². The van der Waals surface area contributed by atoms with E-state index < -0.39 is 0 Å². The first-order valence-electron chi connectivity index (χ1n) is 9.54. The Bertz CT molecular complexity index is 943. The highest BCUT2D eigenvalue weighted by molar-refractivity contribution is 8.18. The van der Waals surface area contributed by atoms with Crippen molar-refractivity contribution in [3.05, 3.63) is 57.8 Å². The molecule has 1 amide bonds. The zero-order valence-electron chi connectivity index (χ0n) is 17.2. The van der Waals surface area contributed by atoms with E-state index in [-0.39, 0.29) is 5.91 Å². The Balaban J connectivity index is 1.93. The summed E-state index contributed by atoms with van der Waals surface area (Å²) in [4.78, 5) is 19.7. The predicted molar refractivity (Wildman–Crippen MR) is 117 cm³/mol. The highest BCUT2D eigenvalue weighted by Gasteiger charge is 2.32. The second-order valence-electron chi connectivity index (χ2n) is 6.64. The molecule has 0 N–H and O–H groups in total. The van der Waals surface area contributed by atoms with Gasteiger partial charge in [-0.3, -0.25) is 14.7 Å². The maximum Gasteiger partial charge on any atom is 0.266 e. The molecule has 6 heteroatoms. The molecule has 3 rings (SSSR count). The Morgan fingerprint density at radius 2 is 1.96 bits per heavy atom. The molecule has 1 aromatic carbocycles. The van der Waals surface area contributed by atoms with E-state index in [1.54, 1.807) is 12.0 Å². The molecule has 1 aliphatic rings. The standard InChI is InChI=1S/C22H27N3O2S/c1-6-23-22-24(7-2)21(26)20(28-22)13-18-12-15(3)25(16(18)4)14-17-10-8-9-11-19(17)27-5/h8-13H,6-7,14H2,1-5H3/b20-13+,23-22?. The molecule has 1 aromatic heterocycles. The third kappa shape index (κ3) is 3.87. The molecule has 1 aliphatic heterocycles. The molecule has 28 heavy (non-hydrogen) atoms. The SMILES string of the molecule is CCN=C1S/C(=C/c2cc(C)n(Cc3ccccc3OC)c2C)C(=O)N1CC. The molecule has 148 valence electrons.